The van der Waals surface area contributed by atoms with Gasteiger partial charge in [0, 0.05) is 35.9 Å². The maximum atomic E-state index is 13.4. The standard InChI is InChI=1S/C32H42N2O3.C32H42N2O2/c1-7-28(36)32(5)19(2)13-25-24-12-11-21-14-26-20(16-30(21,3)29(24)27(35)17-31(25,32)4)18-34(33-26)22-9-8-10-23(15-22)37-6;1-7-28(36)32(6)20(3)14-25-24-12-11-22-15-26-21(18-33-34(26)23-10-8-9-19(2)13-23)16-30(22,4)29(24)27(35)17-31(25,32)5/h8-10,14-15,18-19,24-25,27,29,35H,7,11-13,16-17H2,1-6H3;8-10,13,15,18,20,24-25,27,29,35H,7,11-12,14,16-17H2,1-6H3/t19-,24+,25+,27+,29-,30+,31+,32-;20-,24+,25+,27+,29-,30+,31+,32-/m11/s1. The molecule has 0 saturated heterocycles. The zero-order valence-electron chi connectivity index (χ0n) is 46.1. The van der Waals surface area contributed by atoms with Crippen LogP contribution in [0.15, 0.2) is 72.1 Å². The fraction of sp³-hybridized carbons (Fsp3) is 0.625. The van der Waals surface area contributed by atoms with Crippen molar-refractivity contribution in [3.05, 3.63) is 100 Å². The number of rotatable bonds is 7. The summed E-state index contributed by atoms with van der Waals surface area (Å²) >= 11 is 0. The van der Waals surface area contributed by atoms with E-state index in [1.807, 2.05) is 42.9 Å². The number of aryl methyl sites for hydroxylation is 1. The van der Waals surface area contributed by atoms with Crippen LogP contribution < -0.4 is 4.74 Å². The molecule has 390 valence electrons. The van der Waals surface area contributed by atoms with Gasteiger partial charge in [-0.2, -0.15) is 10.2 Å². The van der Waals surface area contributed by atoms with Gasteiger partial charge in [-0.15, -0.1) is 0 Å². The Hall–Kier alpha value is -4.60. The van der Waals surface area contributed by atoms with Gasteiger partial charge in [-0.25, -0.2) is 9.36 Å². The van der Waals surface area contributed by atoms with Crippen molar-refractivity contribution in [2.24, 2.45) is 79.8 Å². The van der Waals surface area contributed by atoms with Crippen LogP contribution in [0.3, 0.4) is 0 Å². The minimum atomic E-state index is -0.399. The first-order valence-electron chi connectivity index (χ1n) is 28.3. The Morgan fingerprint density at radius 1 is 0.726 bits per heavy atom. The molecule has 2 aromatic carbocycles. The van der Waals surface area contributed by atoms with Gasteiger partial charge in [0.15, 0.2) is 0 Å². The highest BCUT2D eigenvalue weighted by Crippen LogP contribution is 2.73. The molecule has 2 heterocycles. The molecule has 0 radical (unpaired) electrons. The minimum Gasteiger partial charge on any atom is -0.497 e. The number of ketones is 2. The van der Waals surface area contributed by atoms with Gasteiger partial charge in [0.2, 0.25) is 0 Å². The van der Waals surface area contributed by atoms with Crippen molar-refractivity contribution in [3.63, 3.8) is 0 Å². The van der Waals surface area contributed by atoms with Crippen LogP contribution in [0, 0.1) is 86.8 Å². The maximum Gasteiger partial charge on any atom is 0.139 e. The van der Waals surface area contributed by atoms with E-state index in [4.69, 9.17) is 14.9 Å². The van der Waals surface area contributed by atoms with Crippen molar-refractivity contribution in [1.82, 2.24) is 19.6 Å². The van der Waals surface area contributed by atoms with Crippen LogP contribution in [0.1, 0.15) is 162 Å². The van der Waals surface area contributed by atoms with Gasteiger partial charge in [0.05, 0.1) is 48.3 Å². The third-order valence-electron chi connectivity index (χ3n) is 23.5. The van der Waals surface area contributed by atoms with Crippen LogP contribution in [0.25, 0.3) is 23.5 Å². The predicted molar refractivity (Wildman–Crippen MR) is 289 cm³/mol. The Kier molecular flexibility index (Phi) is 12.1. The van der Waals surface area contributed by atoms with Crippen molar-refractivity contribution in [1.29, 1.82) is 0 Å². The quantitative estimate of drug-likeness (QED) is 0.189. The van der Waals surface area contributed by atoms with Gasteiger partial charge in [0.25, 0.3) is 0 Å². The van der Waals surface area contributed by atoms with Crippen LogP contribution in [-0.4, -0.2) is 60.7 Å². The largest absolute Gasteiger partial charge is 0.497 e. The molecule has 0 bridgehead atoms. The molecule has 4 aromatic rings. The summed E-state index contributed by atoms with van der Waals surface area (Å²) in [7, 11) is 1.69. The van der Waals surface area contributed by atoms with E-state index >= 15 is 0 Å². The van der Waals surface area contributed by atoms with Gasteiger partial charge in [-0.1, -0.05) is 98.6 Å². The first-order valence-corrected chi connectivity index (χ1v) is 28.3. The molecule has 2 N–H and O–H groups in total. The fourth-order valence-electron chi connectivity index (χ4n) is 19.3. The Balaban J connectivity index is 0.000000157. The second-order valence-electron chi connectivity index (χ2n) is 26.3. The van der Waals surface area contributed by atoms with Gasteiger partial charge >= 0.3 is 0 Å². The summed E-state index contributed by atoms with van der Waals surface area (Å²) in [5, 5.41) is 33.6. The molecular formula is C64H84N4O5. The predicted octanol–water partition coefficient (Wildman–Crippen LogP) is 12.8. The lowest BCUT2D eigenvalue weighted by Gasteiger charge is -2.61. The average molecular weight is 989 g/mol. The Morgan fingerprint density at radius 2 is 1.26 bits per heavy atom. The second-order valence-corrected chi connectivity index (χ2v) is 26.3. The SMILES string of the molecule is CCC(=O)[C@@]1(C)[C@H](C)C[C@H]2[C@@H]3CCC4=Cc5c(cnn5-c5cccc(C)c5)C[C@]4(C)[C@H]3[C@@H](O)C[C@@]21C.CCC(=O)[C@@]1(C)[C@H](C)C[C@H]2[C@@H]3CCC4=Cc5nn(-c6cccc(OC)c6)cc5C[C@]4(C)[C@H]3[C@@H](O)C[C@@]21C. The number of hydrogen-bond donors (Lipinski definition) is 2. The number of carbonyl (C=O) groups excluding carboxylic acids is 2. The lowest BCUT2D eigenvalue weighted by Crippen LogP contribution is -2.59. The number of aliphatic hydroxyl groups is 2. The van der Waals surface area contributed by atoms with Crippen LogP contribution >= 0.6 is 0 Å². The first-order chi connectivity index (χ1) is 34.6. The normalized spacial score (nSPS) is 40.6. The highest BCUT2D eigenvalue weighted by Gasteiger charge is 2.70. The van der Waals surface area contributed by atoms with E-state index in [-0.39, 0.29) is 50.4 Å². The molecule has 8 aliphatic rings. The summed E-state index contributed by atoms with van der Waals surface area (Å²) in [6.07, 6.45) is 19.2. The number of fused-ring (bicyclic) bond motifs is 12. The number of ether oxygens (including phenoxy) is 1. The summed E-state index contributed by atoms with van der Waals surface area (Å²) < 4.78 is 9.49. The van der Waals surface area contributed by atoms with Crippen LogP contribution in [0.5, 0.6) is 5.75 Å². The summed E-state index contributed by atoms with van der Waals surface area (Å²) in [6, 6.07) is 16.6. The average Bonchev–Trinajstić information content (AvgIpc) is 4.07. The Morgan fingerprint density at radius 3 is 1.81 bits per heavy atom. The number of nitrogens with zero attached hydrogens (tertiary/aromatic N) is 4. The third-order valence-corrected chi connectivity index (χ3v) is 23.5. The summed E-state index contributed by atoms with van der Waals surface area (Å²) in [5.41, 5.74) is 9.93. The number of Topliss-reactive ketones (excluding diaryl/α,β-unsaturated/α-hetero) is 2. The highest BCUT2D eigenvalue weighted by atomic mass is 16.5. The number of hydrogen-bond acceptors (Lipinski definition) is 7. The Labute approximate surface area is 435 Å². The van der Waals surface area contributed by atoms with Crippen LogP contribution in [-0.2, 0) is 22.4 Å². The van der Waals surface area contributed by atoms with Crippen molar-refractivity contribution in [3.8, 4) is 17.1 Å². The summed E-state index contributed by atoms with van der Waals surface area (Å²) in [6.45, 7) is 24.6. The van der Waals surface area contributed by atoms with Gasteiger partial charge < -0.3 is 14.9 Å². The molecule has 16 atom stereocenters. The van der Waals surface area contributed by atoms with E-state index in [0.29, 0.717) is 59.9 Å². The molecular weight excluding hydrogens is 905 g/mol. The molecule has 9 nitrogen and oxygen atoms in total. The van der Waals surface area contributed by atoms with Crippen molar-refractivity contribution in [2.75, 3.05) is 7.11 Å². The topological polar surface area (TPSA) is 119 Å². The number of benzene rings is 2. The summed E-state index contributed by atoms with van der Waals surface area (Å²) in [5.74, 6) is 4.63. The lowest BCUT2D eigenvalue weighted by atomic mass is 9.44. The molecule has 8 aliphatic carbocycles. The maximum absolute atomic E-state index is 13.4. The van der Waals surface area contributed by atoms with Crippen molar-refractivity contribution in [2.45, 2.75) is 165 Å². The van der Waals surface area contributed by atoms with Crippen LogP contribution in [0.2, 0.25) is 0 Å². The number of methoxy groups -OCH3 is 1. The first kappa shape index (κ1) is 50.6. The molecule has 2 aromatic heterocycles. The molecule has 73 heavy (non-hydrogen) atoms. The second kappa shape index (κ2) is 17.5. The number of aromatic nitrogens is 4. The zero-order valence-corrected chi connectivity index (χ0v) is 46.1. The smallest absolute Gasteiger partial charge is 0.139 e. The van der Waals surface area contributed by atoms with Crippen LogP contribution in [0.4, 0.5) is 0 Å². The Bertz CT molecular complexity index is 2930. The minimum absolute atomic E-state index is 0.0614. The van der Waals surface area contributed by atoms with Crippen molar-refractivity contribution < 1.29 is 24.5 Å². The van der Waals surface area contributed by atoms with E-state index in [0.717, 1.165) is 87.0 Å². The third kappa shape index (κ3) is 7.04. The lowest BCUT2D eigenvalue weighted by molar-refractivity contribution is -0.159. The van der Waals surface area contributed by atoms with E-state index in [9.17, 15) is 19.8 Å². The highest BCUT2D eigenvalue weighted by molar-refractivity contribution is 5.86. The molecule has 6 fully saturated rings. The monoisotopic (exact) mass is 989 g/mol. The van der Waals surface area contributed by atoms with E-state index in [2.05, 4.69) is 116 Å². The van der Waals surface area contributed by atoms with E-state index in [1.165, 1.54) is 33.5 Å². The van der Waals surface area contributed by atoms with Gasteiger partial charge in [0.1, 0.15) is 17.3 Å². The molecule has 9 heteroatoms. The molecule has 0 aliphatic heterocycles. The number of allylic oxidation sites excluding steroid dienone is 2. The van der Waals surface area contributed by atoms with Gasteiger partial charge in [-0.3, -0.25) is 9.59 Å². The molecule has 6 saturated carbocycles. The zero-order chi connectivity index (χ0) is 51.9. The van der Waals surface area contributed by atoms with Gasteiger partial charge in [-0.05, 0) is 193 Å². The molecule has 0 spiro atoms. The van der Waals surface area contributed by atoms with Crippen molar-refractivity contribution >= 4 is 23.7 Å². The molecule has 0 amide bonds. The number of carbonyl (C=O) groups is 2. The van der Waals surface area contributed by atoms with E-state index in [1.54, 1.807) is 7.11 Å². The molecule has 12 rings (SSSR count). The molecule has 0 unspecified atom stereocenters. The number of aliphatic hydroxyl groups excluding tert-OH is 2. The fourth-order valence-corrected chi connectivity index (χ4v) is 19.3. The summed E-state index contributed by atoms with van der Waals surface area (Å²) in [4.78, 5) is 26.7. The van der Waals surface area contributed by atoms with E-state index < -0.39 is 6.10 Å².